The molecular weight excluding hydrogens is 262 g/mol. The Morgan fingerprint density at radius 3 is 2.74 bits per heavy atom. The first-order chi connectivity index (χ1) is 8.97. The summed E-state index contributed by atoms with van der Waals surface area (Å²) < 4.78 is 29.3. The maximum Gasteiger partial charge on any atom is 0.242 e. The Morgan fingerprint density at radius 1 is 1.53 bits per heavy atom. The minimum absolute atomic E-state index is 0.0411. The van der Waals surface area contributed by atoms with Crippen molar-refractivity contribution in [3.05, 3.63) is 18.0 Å². The van der Waals surface area contributed by atoms with E-state index < -0.39 is 10.0 Å². The third kappa shape index (κ3) is 3.38. The molecule has 0 amide bonds. The minimum Gasteiger partial charge on any atom is -0.346 e. The molecule has 0 aliphatic heterocycles. The molecule has 0 saturated heterocycles. The minimum atomic E-state index is -3.43. The van der Waals surface area contributed by atoms with Gasteiger partial charge >= 0.3 is 0 Å². The Hall–Kier alpha value is -0.850. The number of nitrogens with zero attached hydrogens (tertiary/aromatic N) is 1. The summed E-state index contributed by atoms with van der Waals surface area (Å²) in [6, 6.07) is 2.09. The molecule has 6 heteroatoms. The van der Waals surface area contributed by atoms with Crippen LogP contribution >= 0.6 is 0 Å². The van der Waals surface area contributed by atoms with Crippen molar-refractivity contribution in [2.75, 3.05) is 0 Å². The van der Waals surface area contributed by atoms with Gasteiger partial charge in [-0.15, -0.1) is 0 Å². The van der Waals surface area contributed by atoms with Crippen molar-refractivity contribution < 1.29 is 8.42 Å². The van der Waals surface area contributed by atoms with Crippen molar-refractivity contribution in [3.63, 3.8) is 0 Å². The fourth-order valence-corrected chi connectivity index (χ4v) is 3.65. The van der Waals surface area contributed by atoms with Crippen LogP contribution in [0.3, 0.4) is 0 Å². The lowest BCUT2D eigenvalue weighted by atomic mass is 10.2. The maximum absolute atomic E-state index is 12.3. The van der Waals surface area contributed by atoms with Crippen molar-refractivity contribution in [3.8, 4) is 0 Å². The average Bonchev–Trinajstić information content (AvgIpc) is 3.07. The van der Waals surface area contributed by atoms with Crippen LogP contribution in [-0.4, -0.2) is 19.0 Å². The Balaban J connectivity index is 2.20. The van der Waals surface area contributed by atoms with Gasteiger partial charge in [0, 0.05) is 30.5 Å². The van der Waals surface area contributed by atoms with E-state index in [1.54, 1.807) is 12.3 Å². The van der Waals surface area contributed by atoms with E-state index in [1.807, 2.05) is 18.4 Å². The zero-order valence-corrected chi connectivity index (χ0v) is 12.4. The molecule has 5 nitrogen and oxygen atoms in total. The molecule has 1 unspecified atom stereocenters. The molecule has 1 saturated carbocycles. The van der Waals surface area contributed by atoms with E-state index in [-0.39, 0.29) is 6.04 Å². The largest absolute Gasteiger partial charge is 0.346 e. The Labute approximate surface area is 115 Å². The zero-order valence-electron chi connectivity index (χ0n) is 11.6. The highest BCUT2D eigenvalue weighted by Gasteiger charge is 2.28. The fraction of sp³-hybridized carbons (Fsp3) is 0.692. The predicted molar refractivity (Wildman–Crippen MR) is 75.3 cm³/mol. The van der Waals surface area contributed by atoms with Crippen LogP contribution in [0, 0.1) is 0 Å². The van der Waals surface area contributed by atoms with Gasteiger partial charge in [0.15, 0.2) is 0 Å². The summed E-state index contributed by atoms with van der Waals surface area (Å²) in [5.41, 5.74) is 6.58. The third-order valence-electron chi connectivity index (χ3n) is 3.44. The van der Waals surface area contributed by atoms with Gasteiger partial charge in [-0.25, -0.2) is 13.1 Å². The van der Waals surface area contributed by atoms with Crippen LogP contribution in [0.2, 0.25) is 0 Å². The number of nitrogens with one attached hydrogen (secondary N) is 1. The Bertz CT molecular complexity index is 532. The second-order valence-corrected chi connectivity index (χ2v) is 7.03. The molecule has 0 radical (unpaired) electrons. The molecule has 0 bridgehead atoms. The van der Waals surface area contributed by atoms with Crippen LogP contribution in [-0.2, 0) is 16.6 Å². The van der Waals surface area contributed by atoms with Crippen LogP contribution in [0.25, 0.3) is 0 Å². The first kappa shape index (κ1) is 14.6. The number of sulfonamides is 1. The molecule has 2 rings (SSSR count). The SMILES string of the molecule is CCCC(C)NS(=O)(=O)c1cc(CN)n(C2CC2)c1. The highest BCUT2D eigenvalue weighted by Crippen LogP contribution is 2.37. The van der Waals surface area contributed by atoms with Crippen molar-refractivity contribution in [1.82, 2.24) is 9.29 Å². The summed E-state index contributed by atoms with van der Waals surface area (Å²) in [5.74, 6) is 0. The van der Waals surface area contributed by atoms with Gasteiger partial charge in [0.1, 0.15) is 0 Å². The summed E-state index contributed by atoms with van der Waals surface area (Å²) in [6.45, 7) is 4.31. The summed E-state index contributed by atoms with van der Waals surface area (Å²) in [4.78, 5) is 0.336. The number of hydrogen-bond donors (Lipinski definition) is 2. The van der Waals surface area contributed by atoms with E-state index in [0.717, 1.165) is 31.4 Å². The summed E-state index contributed by atoms with van der Waals surface area (Å²) in [5, 5.41) is 0. The molecule has 0 spiro atoms. The second kappa shape index (κ2) is 5.64. The van der Waals surface area contributed by atoms with E-state index in [9.17, 15) is 8.42 Å². The molecule has 1 aromatic rings. The molecule has 1 atom stereocenters. The summed E-state index contributed by atoms with van der Waals surface area (Å²) >= 11 is 0. The molecular formula is C13H23N3O2S. The van der Waals surface area contributed by atoms with Gasteiger partial charge in [-0.2, -0.15) is 0 Å². The van der Waals surface area contributed by atoms with Gasteiger partial charge in [0.2, 0.25) is 10.0 Å². The van der Waals surface area contributed by atoms with E-state index in [4.69, 9.17) is 5.73 Å². The number of rotatable bonds is 7. The topological polar surface area (TPSA) is 77.1 Å². The molecule has 1 fully saturated rings. The third-order valence-corrected chi connectivity index (χ3v) is 5.00. The standard InChI is InChI=1S/C13H23N3O2S/c1-3-4-10(2)15-19(17,18)13-7-12(8-14)16(9-13)11-5-6-11/h7,9-11,15H,3-6,8,14H2,1-2H3. The lowest BCUT2D eigenvalue weighted by molar-refractivity contribution is 0.543. The van der Waals surface area contributed by atoms with Gasteiger partial charge in [-0.05, 0) is 32.3 Å². The van der Waals surface area contributed by atoms with Crippen molar-refractivity contribution in [2.24, 2.45) is 5.73 Å². The monoisotopic (exact) mass is 285 g/mol. The fourth-order valence-electron chi connectivity index (χ4n) is 2.32. The molecule has 1 heterocycles. The van der Waals surface area contributed by atoms with Crippen LogP contribution in [0.15, 0.2) is 17.2 Å². The Morgan fingerprint density at radius 2 is 2.21 bits per heavy atom. The van der Waals surface area contributed by atoms with Crippen molar-refractivity contribution in [2.45, 2.75) is 63.1 Å². The zero-order chi connectivity index (χ0) is 14.0. The maximum atomic E-state index is 12.3. The summed E-state index contributed by atoms with van der Waals surface area (Å²) in [6.07, 6.45) is 5.75. The second-order valence-electron chi connectivity index (χ2n) is 5.32. The molecule has 1 aliphatic carbocycles. The molecule has 0 aromatic carbocycles. The van der Waals surface area contributed by atoms with Gasteiger partial charge < -0.3 is 10.3 Å². The van der Waals surface area contributed by atoms with Crippen molar-refractivity contribution in [1.29, 1.82) is 0 Å². The predicted octanol–water partition coefficient (Wildman–Crippen LogP) is 1.75. The number of nitrogens with two attached hydrogens (primary N) is 1. The smallest absolute Gasteiger partial charge is 0.242 e. The molecule has 3 N–H and O–H groups in total. The normalized spacial score (nSPS) is 17.6. The van der Waals surface area contributed by atoms with Crippen LogP contribution in [0.5, 0.6) is 0 Å². The van der Waals surface area contributed by atoms with Crippen LogP contribution in [0.1, 0.15) is 51.3 Å². The van der Waals surface area contributed by atoms with E-state index >= 15 is 0 Å². The highest BCUT2D eigenvalue weighted by atomic mass is 32.2. The Kier molecular flexibility index (Phi) is 4.32. The number of hydrogen-bond acceptors (Lipinski definition) is 3. The first-order valence-corrected chi connectivity index (χ1v) is 8.39. The number of aromatic nitrogens is 1. The van der Waals surface area contributed by atoms with E-state index in [2.05, 4.69) is 4.72 Å². The lowest BCUT2D eigenvalue weighted by Gasteiger charge is -2.12. The van der Waals surface area contributed by atoms with E-state index in [0.29, 0.717) is 17.5 Å². The average molecular weight is 285 g/mol. The first-order valence-electron chi connectivity index (χ1n) is 6.91. The van der Waals surface area contributed by atoms with Gasteiger partial charge in [0.25, 0.3) is 0 Å². The van der Waals surface area contributed by atoms with Crippen LogP contribution < -0.4 is 10.5 Å². The molecule has 108 valence electrons. The lowest BCUT2D eigenvalue weighted by Crippen LogP contribution is -2.32. The van der Waals surface area contributed by atoms with E-state index in [1.165, 1.54) is 0 Å². The summed E-state index contributed by atoms with van der Waals surface area (Å²) in [7, 11) is -3.43. The van der Waals surface area contributed by atoms with Crippen LogP contribution in [0.4, 0.5) is 0 Å². The molecule has 1 aliphatic rings. The van der Waals surface area contributed by atoms with Gasteiger partial charge in [0.05, 0.1) is 4.90 Å². The molecule has 1 aromatic heterocycles. The quantitative estimate of drug-likeness (QED) is 0.801. The molecule has 19 heavy (non-hydrogen) atoms. The highest BCUT2D eigenvalue weighted by molar-refractivity contribution is 7.89. The van der Waals surface area contributed by atoms with Gasteiger partial charge in [-0.3, -0.25) is 0 Å². The van der Waals surface area contributed by atoms with Gasteiger partial charge in [-0.1, -0.05) is 13.3 Å². The van der Waals surface area contributed by atoms with Crippen molar-refractivity contribution >= 4 is 10.0 Å².